The van der Waals surface area contributed by atoms with Crippen LogP contribution in [0.2, 0.25) is 0 Å². The molecule has 0 radical (unpaired) electrons. The highest BCUT2D eigenvalue weighted by Gasteiger charge is 2.05. The first-order chi connectivity index (χ1) is 8.65. The molecule has 2 aromatic carbocycles. The molecule has 0 spiro atoms. The molecule has 0 saturated carbocycles. The molecule has 0 aromatic heterocycles. The Kier molecular flexibility index (Phi) is 4.72. The van der Waals surface area contributed by atoms with Crippen LogP contribution < -0.4 is 5.32 Å². The van der Waals surface area contributed by atoms with Gasteiger partial charge in [0.05, 0.1) is 0 Å². The number of benzene rings is 2. The van der Waals surface area contributed by atoms with Gasteiger partial charge in [0.2, 0.25) is 0 Å². The third-order valence-corrected chi connectivity index (χ3v) is 3.59. The van der Waals surface area contributed by atoms with Crippen LogP contribution in [-0.4, -0.2) is 0 Å². The van der Waals surface area contributed by atoms with Crippen molar-refractivity contribution in [3.8, 4) is 0 Å². The molecular weight excluding hydrogens is 340 g/mol. The molecule has 0 unspecified atom stereocenters. The first kappa shape index (κ1) is 13.5. The second kappa shape index (κ2) is 6.29. The van der Waals surface area contributed by atoms with Crippen LogP contribution in [0.3, 0.4) is 0 Å². The Bertz CT molecular complexity index is 510. The van der Waals surface area contributed by atoms with Gasteiger partial charge in [0.25, 0.3) is 0 Å². The summed E-state index contributed by atoms with van der Waals surface area (Å²) in [4.78, 5) is 0. The summed E-state index contributed by atoms with van der Waals surface area (Å²) in [5, 5.41) is 3.39. The number of halogens is 2. The number of hydrogen-bond donors (Lipinski definition) is 1. The standard InChI is InChI=1S/C15H15FIN/c1-11(13-3-2-4-14(16)9-13)18-10-12-5-7-15(17)8-6-12/h2-9,11,18H,10H2,1H3/t11-/m0/s1. The molecule has 2 aromatic rings. The van der Waals surface area contributed by atoms with Crippen LogP contribution in [-0.2, 0) is 6.54 Å². The molecule has 0 bridgehead atoms. The van der Waals surface area contributed by atoms with E-state index in [-0.39, 0.29) is 11.9 Å². The summed E-state index contributed by atoms with van der Waals surface area (Å²) in [6.07, 6.45) is 0. The van der Waals surface area contributed by atoms with Crippen LogP contribution in [0.25, 0.3) is 0 Å². The molecular formula is C15H15FIN. The largest absolute Gasteiger partial charge is 0.306 e. The third-order valence-electron chi connectivity index (χ3n) is 2.87. The van der Waals surface area contributed by atoms with Crippen molar-refractivity contribution >= 4 is 22.6 Å². The van der Waals surface area contributed by atoms with Gasteiger partial charge in [-0.05, 0) is 64.9 Å². The molecule has 3 heteroatoms. The van der Waals surface area contributed by atoms with Gasteiger partial charge >= 0.3 is 0 Å². The molecule has 0 aliphatic heterocycles. The van der Waals surface area contributed by atoms with E-state index in [1.807, 2.05) is 13.0 Å². The molecule has 1 atom stereocenters. The van der Waals surface area contributed by atoms with Crippen molar-refractivity contribution in [1.82, 2.24) is 5.32 Å². The van der Waals surface area contributed by atoms with Crippen molar-refractivity contribution in [2.45, 2.75) is 19.5 Å². The van der Waals surface area contributed by atoms with Gasteiger partial charge in [0.15, 0.2) is 0 Å². The van der Waals surface area contributed by atoms with Gasteiger partial charge in [-0.25, -0.2) is 4.39 Å². The van der Waals surface area contributed by atoms with Crippen LogP contribution in [0, 0.1) is 9.39 Å². The SMILES string of the molecule is C[C@H](NCc1ccc(I)cc1)c1cccc(F)c1. The summed E-state index contributed by atoms with van der Waals surface area (Å²) in [6, 6.07) is 15.2. The van der Waals surface area contributed by atoms with Gasteiger partial charge in [0.1, 0.15) is 5.82 Å². The monoisotopic (exact) mass is 355 g/mol. The molecule has 18 heavy (non-hydrogen) atoms. The van der Waals surface area contributed by atoms with Crippen LogP contribution in [0.5, 0.6) is 0 Å². The minimum atomic E-state index is -0.185. The van der Waals surface area contributed by atoms with E-state index < -0.39 is 0 Å². The zero-order valence-corrected chi connectivity index (χ0v) is 12.3. The van der Waals surface area contributed by atoms with Crippen molar-refractivity contribution in [3.05, 3.63) is 69.0 Å². The van der Waals surface area contributed by atoms with E-state index in [2.05, 4.69) is 52.2 Å². The maximum absolute atomic E-state index is 13.1. The third kappa shape index (κ3) is 3.78. The summed E-state index contributed by atoms with van der Waals surface area (Å²) in [6.45, 7) is 2.83. The topological polar surface area (TPSA) is 12.0 Å². The Labute approximate surface area is 121 Å². The molecule has 0 aliphatic carbocycles. The second-order valence-electron chi connectivity index (χ2n) is 4.28. The molecule has 0 amide bonds. The molecule has 0 saturated heterocycles. The maximum atomic E-state index is 13.1. The smallest absolute Gasteiger partial charge is 0.123 e. The van der Waals surface area contributed by atoms with Crippen LogP contribution >= 0.6 is 22.6 Å². The Morgan fingerprint density at radius 1 is 1.17 bits per heavy atom. The lowest BCUT2D eigenvalue weighted by molar-refractivity contribution is 0.565. The predicted molar refractivity (Wildman–Crippen MR) is 80.8 cm³/mol. The summed E-state index contributed by atoms with van der Waals surface area (Å²) in [5.41, 5.74) is 2.21. The Morgan fingerprint density at radius 2 is 1.89 bits per heavy atom. The van der Waals surface area contributed by atoms with Gasteiger partial charge in [-0.3, -0.25) is 0 Å². The average Bonchev–Trinajstić information content (AvgIpc) is 2.38. The highest BCUT2D eigenvalue weighted by molar-refractivity contribution is 14.1. The maximum Gasteiger partial charge on any atom is 0.123 e. The van der Waals surface area contributed by atoms with Gasteiger partial charge in [-0.15, -0.1) is 0 Å². The van der Waals surface area contributed by atoms with Crippen molar-refractivity contribution in [1.29, 1.82) is 0 Å². The molecule has 0 aliphatic rings. The minimum Gasteiger partial charge on any atom is -0.306 e. The van der Waals surface area contributed by atoms with Crippen molar-refractivity contribution in [3.63, 3.8) is 0 Å². The Balaban J connectivity index is 1.96. The van der Waals surface area contributed by atoms with Gasteiger partial charge < -0.3 is 5.32 Å². The zero-order valence-electron chi connectivity index (χ0n) is 10.2. The second-order valence-corrected chi connectivity index (χ2v) is 5.53. The van der Waals surface area contributed by atoms with Gasteiger partial charge in [-0.1, -0.05) is 24.3 Å². The fourth-order valence-electron chi connectivity index (χ4n) is 1.77. The van der Waals surface area contributed by atoms with E-state index in [0.29, 0.717) is 0 Å². The summed E-state index contributed by atoms with van der Waals surface area (Å²) < 4.78 is 14.3. The number of nitrogens with one attached hydrogen (secondary N) is 1. The van der Waals surface area contributed by atoms with E-state index >= 15 is 0 Å². The Hall–Kier alpha value is -0.940. The normalized spacial score (nSPS) is 12.4. The van der Waals surface area contributed by atoms with Crippen molar-refractivity contribution in [2.75, 3.05) is 0 Å². The zero-order chi connectivity index (χ0) is 13.0. The predicted octanol–water partition coefficient (Wildman–Crippen LogP) is 4.28. The number of rotatable bonds is 4. The van der Waals surface area contributed by atoms with E-state index in [4.69, 9.17) is 0 Å². The minimum absolute atomic E-state index is 0.139. The summed E-state index contributed by atoms with van der Waals surface area (Å²) in [5.74, 6) is -0.185. The molecule has 0 heterocycles. The highest BCUT2D eigenvalue weighted by Crippen LogP contribution is 2.14. The lowest BCUT2D eigenvalue weighted by atomic mass is 10.1. The molecule has 0 fully saturated rings. The first-order valence-electron chi connectivity index (χ1n) is 5.88. The van der Waals surface area contributed by atoms with Crippen LogP contribution in [0.15, 0.2) is 48.5 Å². The van der Waals surface area contributed by atoms with Gasteiger partial charge in [-0.2, -0.15) is 0 Å². The summed E-state index contributed by atoms with van der Waals surface area (Å²) >= 11 is 2.29. The van der Waals surface area contributed by atoms with E-state index in [0.717, 1.165) is 12.1 Å². The van der Waals surface area contributed by atoms with Crippen molar-refractivity contribution in [2.24, 2.45) is 0 Å². The van der Waals surface area contributed by atoms with E-state index in [1.54, 1.807) is 12.1 Å². The average molecular weight is 355 g/mol. The Morgan fingerprint density at radius 3 is 2.56 bits per heavy atom. The molecule has 1 nitrogen and oxygen atoms in total. The van der Waals surface area contributed by atoms with Gasteiger partial charge in [0, 0.05) is 16.2 Å². The molecule has 2 rings (SSSR count). The highest BCUT2D eigenvalue weighted by atomic mass is 127. The fraction of sp³-hybridized carbons (Fsp3) is 0.200. The molecule has 94 valence electrons. The van der Waals surface area contributed by atoms with E-state index in [1.165, 1.54) is 15.2 Å². The van der Waals surface area contributed by atoms with Crippen LogP contribution in [0.4, 0.5) is 4.39 Å². The summed E-state index contributed by atoms with van der Waals surface area (Å²) in [7, 11) is 0. The lowest BCUT2D eigenvalue weighted by Gasteiger charge is -2.14. The molecule has 1 N–H and O–H groups in total. The van der Waals surface area contributed by atoms with E-state index in [9.17, 15) is 4.39 Å². The lowest BCUT2D eigenvalue weighted by Crippen LogP contribution is -2.18. The van der Waals surface area contributed by atoms with Crippen LogP contribution in [0.1, 0.15) is 24.1 Å². The quantitative estimate of drug-likeness (QED) is 0.808. The fourth-order valence-corrected chi connectivity index (χ4v) is 2.13. The van der Waals surface area contributed by atoms with Crippen molar-refractivity contribution < 1.29 is 4.39 Å². The number of hydrogen-bond acceptors (Lipinski definition) is 1. The first-order valence-corrected chi connectivity index (χ1v) is 6.96.